The van der Waals surface area contributed by atoms with Crippen molar-refractivity contribution in [1.29, 1.82) is 0 Å². The molecule has 5 rings (SSSR count). The molecule has 4 aliphatic carbocycles. The molecule has 1 heterocycles. The second kappa shape index (κ2) is 3.73. The van der Waals surface area contributed by atoms with Gasteiger partial charge in [0.2, 0.25) is 0 Å². The van der Waals surface area contributed by atoms with E-state index in [9.17, 15) is 0 Å². The second-order valence-corrected chi connectivity index (χ2v) is 6.61. The zero-order valence-corrected chi connectivity index (χ0v) is 10.8. The number of nitrogens with zero attached hydrogens (tertiary/aromatic N) is 2. The van der Waals surface area contributed by atoms with Crippen molar-refractivity contribution in [3.05, 3.63) is 12.0 Å². The number of hydrogen-bond acceptors (Lipinski definition) is 3. The topological polar surface area (TPSA) is 69.9 Å². The van der Waals surface area contributed by atoms with Gasteiger partial charge < -0.3 is 16.0 Å². The van der Waals surface area contributed by atoms with Gasteiger partial charge in [0.25, 0.3) is 0 Å². The van der Waals surface area contributed by atoms with Crippen molar-refractivity contribution in [2.75, 3.05) is 5.73 Å². The van der Waals surface area contributed by atoms with E-state index < -0.39 is 0 Å². The third-order valence-corrected chi connectivity index (χ3v) is 5.60. The van der Waals surface area contributed by atoms with Gasteiger partial charge in [-0.05, 0) is 55.8 Å². The fraction of sp³-hybridized carbons (Fsp3) is 0.786. The van der Waals surface area contributed by atoms with Gasteiger partial charge in [-0.1, -0.05) is 0 Å². The van der Waals surface area contributed by atoms with Crippen LogP contribution >= 0.6 is 0 Å². The summed E-state index contributed by atoms with van der Waals surface area (Å²) in [5.41, 5.74) is 12.8. The van der Waals surface area contributed by atoms with Crippen molar-refractivity contribution in [1.82, 2.24) is 9.55 Å². The SMILES string of the molecule is NCc1ncn(C2C3CC4CC(C3)CC2C4)c1N. The van der Waals surface area contributed by atoms with E-state index in [0.29, 0.717) is 12.6 Å². The quantitative estimate of drug-likeness (QED) is 0.837. The first-order chi connectivity index (χ1) is 8.76. The minimum absolute atomic E-state index is 0.451. The number of aromatic nitrogens is 2. The van der Waals surface area contributed by atoms with Crippen molar-refractivity contribution >= 4 is 5.82 Å². The van der Waals surface area contributed by atoms with Crippen LogP contribution < -0.4 is 11.5 Å². The van der Waals surface area contributed by atoms with Crippen LogP contribution in [0.3, 0.4) is 0 Å². The van der Waals surface area contributed by atoms with Crippen LogP contribution in [0.5, 0.6) is 0 Å². The maximum atomic E-state index is 6.21. The van der Waals surface area contributed by atoms with Crippen LogP contribution in [0.15, 0.2) is 6.33 Å². The molecule has 1 aromatic rings. The Kier molecular flexibility index (Phi) is 2.25. The highest BCUT2D eigenvalue weighted by atomic mass is 15.2. The summed E-state index contributed by atoms with van der Waals surface area (Å²) in [6.45, 7) is 0.451. The molecule has 0 unspecified atom stereocenters. The van der Waals surface area contributed by atoms with Gasteiger partial charge in [0.15, 0.2) is 0 Å². The zero-order chi connectivity index (χ0) is 12.3. The highest BCUT2D eigenvalue weighted by molar-refractivity contribution is 5.37. The molecule has 0 amide bonds. The number of anilines is 1. The van der Waals surface area contributed by atoms with E-state index in [0.717, 1.165) is 35.2 Å². The van der Waals surface area contributed by atoms with E-state index in [-0.39, 0.29) is 0 Å². The molecule has 1 aromatic heterocycles. The average Bonchev–Trinajstić information content (AvgIpc) is 2.70. The molecule has 0 aliphatic heterocycles. The summed E-state index contributed by atoms with van der Waals surface area (Å²) < 4.78 is 2.25. The molecule has 4 nitrogen and oxygen atoms in total. The highest BCUT2D eigenvalue weighted by Crippen LogP contribution is 2.58. The molecule has 4 aliphatic rings. The van der Waals surface area contributed by atoms with Gasteiger partial charge in [0, 0.05) is 12.6 Å². The largest absolute Gasteiger partial charge is 0.383 e. The molecule has 98 valence electrons. The number of hydrogen-bond donors (Lipinski definition) is 2. The minimum atomic E-state index is 0.451. The van der Waals surface area contributed by atoms with Gasteiger partial charge in [-0.3, -0.25) is 0 Å². The summed E-state index contributed by atoms with van der Waals surface area (Å²) in [5.74, 6) is 4.49. The van der Waals surface area contributed by atoms with Crippen molar-refractivity contribution in [3.8, 4) is 0 Å². The Bertz CT molecular complexity index is 436. The van der Waals surface area contributed by atoms with Crippen LogP contribution in [-0.2, 0) is 6.54 Å². The van der Waals surface area contributed by atoms with Gasteiger partial charge in [-0.25, -0.2) is 4.98 Å². The Hall–Kier alpha value is -1.03. The lowest BCUT2D eigenvalue weighted by molar-refractivity contribution is -0.0284. The van der Waals surface area contributed by atoms with Gasteiger partial charge >= 0.3 is 0 Å². The lowest BCUT2D eigenvalue weighted by Gasteiger charge is -2.54. The van der Waals surface area contributed by atoms with E-state index in [1.807, 2.05) is 6.33 Å². The first kappa shape index (κ1) is 10.9. The monoisotopic (exact) mass is 246 g/mol. The molecule has 0 atom stereocenters. The van der Waals surface area contributed by atoms with Crippen molar-refractivity contribution in [2.45, 2.75) is 44.7 Å². The predicted molar refractivity (Wildman–Crippen MR) is 70.6 cm³/mol. The molecule has 0 saturated heterocycles. The lowest BCUT2D eigenvalue weighted by Crippen LogP contribution is -2.46. The van der Waals surface area contributed by atoms with Crippen LogP contribution in [-0.4, -0.2) is 9.55 Å². The van der Waals surface area contributed by atoms with Crippen molar-refractivity contribution < 1.29 is 0 Å². The summed E-state index contributed by atoms with van der Waals surface area (Å²) in [4.78, 5) is 4.38. The first-order valence-corrected chi connectivity index (χ1v) is 7.27. The Labute approximate surface area is 108 Å². The molecule has 18 heavy (non-hydrogen) atoms. The number of nitrogens with two attached hydrogens (primary N) is 2. The fourth-order valence-electron chi connectivity index (χ4n) is 5.15. The summed E-state index contributed by atoms with van der Waals surface area (Å²) in [5, 5.41) is 0. The Balaban J connectivity index is 1.70. The maximum Gasteiger partial charge on any atom is 0.128 e. The number of rotatable bonds is 2. The molecule has 0 aromatic carbocycles. The minimum Gasteiger partial charge on any atom is -0.383 e. The normalized spacial score (nSPS) is 41.5. The second-order valence-electron chi connectivity index (χ2n) is 6.61. The Morgan fingerprint density at radius 3 is 2.22 bits per heavy atom. The molecule has 4 bridgehead atoms. The molecule has 4 fully saturated rings. The average molecular weight is 246 g/mol. The predicted octanol–water partition coefficient (Wildman–Crippen LogP) is 1.92. The zero-order valence-electron chi connectivity index (χ0n) is 10.8. The lowest BCUT2D eigenvalue weighted by atomic mass is 9.54. The van der Waals surface area contributed by atoms with E-state index in [4.69, 9.17) is 11.5 Å². The maximum absolute atomic E-state index is 6.21. The van der Waals surface area contributed by atoms with E-state index in [1.54, 1.807) is 0 Å². The van der Waals surface area contributed by atoms with Crippen LogP contribution in [0, 0.1) is 23.7 Å². The van der Waals surface area contributed by atoms with Gasteiger partial charge in [0.1, 0.15) is 5.82 Å². The smallest absolute Gasteiger partial charge is 0.128 e. The molecule has 4 heteroatoms. The van der Waals surface area contributed by atoms with Crippen LogP contribution in [0.25, 0.3) is 0 Å². The van der Waals surface area contributed by atoms with E-state index in [2.05, 4.69) is 9.55 Å². The van der Waals surface area contributed by atoms with Gasteiger partial charge in [0.05, 0.1) is 12.0 Å². The van der Waals surface area contributed by atoms with Crippen LogP contribution in [0.2, 0.25) is 0 Å². The molecule has 0 radical (unpaired) electrons. The summed E-state index contributed by atoms with van der Waals surface area (Å²) in [7, 11) is 0. The highest BCUT2D eigenvalue weighted by Gasteiger charge is 2.49. The Morgan fingerprint density at radius 1 is 1.11 bits per heavy atom. The van der Waals surface area contributed by atoms with Gasteiger partial charge in [-0.15, -0.1) is 0 Å². The number of imidazole rings is 1. The van der Waals surface area contributed by atoms with Gasteiger partial charge in [-0.2, -0.15) is 0 Å². The molecule has 4 N–H and O–H groups in total. The fourth-order valence-corrected chi connectivity index (χ4v) is 5.15. The first-order valence-electron chi connectivity index (χ1n) is 7.27. The van der Waals surface area contributed by atoms with Crippen molar-refractivity contribution in [3.63, 3.8) is 0 Å². The summed E-state index contributed by atoms with van der Waals surface area (Å²) in [6.07, 6.45) is 9.07. The van der Waals surface area contributed by atoms with Crippen LogP contribution in [0.1, 0.15) is 43.8 Å². The third kappa shape index (κ3) is 1.38. The number of nitrogen functional groups attached to an aromatic ring is 1. The standard InChI is InChI=1S/C14H22N4/c15-6-12-14(16)18(7-17-12)13-10-2-8-1-9(4-10)5-11(13)3-8/h7-11,13H,1-6,15-16H2. The molecule has 0 spiro atoms. The third-order valence-electron chi connectivity index (χ3n) is 5.60. The van der Waals surface area contributed by atoms with E-state index in [1.165, 1.54) is 32.1 Å². The van der Waals surface area contributed by atoms with Crippen molar-refractivity contribution in [2.24, 2.45) is 29.4 Å². The van der Waals surface area contributed by atoms with E-state index >= 15 is 0 Å². The molecule has 4 saturated carbocycles. The van der Waals surface area contributed by atoms with Crippen LogP contribution in [0.4, 0.5) is 5.82 Å². The summed E-state index contributed by atoms with van der Waals surface area (Å²) >= 11 is 0. The summed E-state index contributed by atoms with van der Waals surface area (Å²) in [6, 6.07) is 0.602. The Morgan fingerprint density at radius 2 is 1.72 bits per heavy atom. The molecular formula is C14H22N4. The molecular weight excluding hydrogens is 224 g/mol.